The topological polar surface area (TPSA) is 110 Å². The van der Waals surface area contributed by atoms with Crippen LogP contribution in [0.25, 0.3) is 0 Å². The molecule has 0 fully saturated rings. The number of ketones is 1. The standard InChI is InChI=1S/C15H23N3O3/c1-3-18(4-2)10-5-6-12(16)11(9-10)14(19)8-7-13(17)15(20)21/h5-6,9,13H,3-4,7-8,16-17H2,1-2H3,(H,20,21)/t13-/m0/s1. The number of benzene rings is 1. The highest BCUT2D eigenvalue weighted by molar-refractivity contribution is 6.01. The summed E-state index contributed by atoms with van der Waals surface area (Å²) in [6, 6.07) is 4.32. The van der Waals surface area contributed by atoms with Crippen LogP contribution in [0, 0.1) is 0 Å². The Bertz CT molecular complexity index is 513. The van der Waals surface area contributed by atoms with Crippen molar-refractivity contribution in [2.75, 3.05) is 23.7 Å². The number of nitrogen functional groups attached to an aromatic ring is 1. The fourth-order valence-electron chi connectivity index (χ4n) is 2.12. The van der Waals surface area contributed by atoms with Crippen LogP contribution in [0.1, 0.15) is 37.0 Å². The number of carbonyl (C=O) groups is 2. The molecular weight excluding hydrogens is 270 g/mol. The van der Waals surface area contributed by atoms with Gasteiger partial charge >= 0.3 is 5.97 Å². The SMILES string of the molecule is CCN(CC)c1ccc(N)c(C(=O)CC[C@H](N)C(=O)O)c1. The van der Waals surface area contributed by atoms with Gasteiger partial charge < -0.3 is 21.5 Å². The van der Waals surface area contributed by atoms with Crippen LogP contribution in [-0.2, 0) is 4.79 Å². The van der Waals surface area contributed by atoms with Gasteiger partial charge in [-0.2, -0.15) is 0 Å². The molecule has 1 aromatic rings. The van der Waals surface area contributed by atoms with Crippen molar-refractivity contribution in [1.29, 1.82) is 0 Å². The van der Waals surface area contributed by atoms with Crippen LogP contribution in [-0.4, -0.2) is 36.0 Å². The first kappa shape index (κ1) is 17.0. The zero-order valence-electron chi connectivity index (χ0n) is 12.5. The molecule has 0 aliphatic heterocycles. The lowest BCUT2D eigenvalue weighted by Gasteiger charge is -2.22. The maximum absolute atomic E-state index is 12.2. The molecule has 0 heterocycles. The number of aliphatic carboxylic acids is 1. The van der Waals surface area contributed by atoms with Gasteiger partial charge in [-0.3, -0.25) is 9.59 Å². The lowest BCUT2D eigenvalue weighted by molar-refractivity contribution is -0.138. The number of rotatable bonds is 8. The molecule has 6 nitrogen and oxygen atoms in total. The van der Waals surface area contributed by atoms with E-state index < -0.39 is 12.0 Å². The molecule has 21 heavy (non-hydrogen) atoms. The lowest BCUT2D eigenvalue weighted by Crippen LogP contribution is -2.30. The van der Waals surface area contributed by atoms with E-state index >= 15 is 0 Å². The van der Waals surface area contributed by atoms with Crippen molar-refractivity contribution in [3.8, 4) is 0 Å². The molecule has 0 unspecified atom stereocenters. The number of hydrogen-bond acceptors (Lipinski definition) is 5. The zero-order chi connectivity index (χ0) is 16.0. The molecule has 1 atom stereocenters. The van der Waals surface area contributed by atoms with Crippen molar-refractivity contribution in [2.45, 2.75) is 32.7 Å². The Labute approximate surface area is 124 Å². The number of carboxylic acid groups (broad SMARTS) is 1. The molecule has 0 aliphatic carbocycles. The molecule has 6 heteroatoms. The first-order valence-corrected chi connectivity index (χ1v) is 7.06. The summed E-state index contributed by atoms with van der Waals surface area (Å²) in [6.45, 7) is 5.73. The first-order chi connectivity index (χ1) is 9.90. The number of anilines is 2. The smallest absolute Gasteiger partial charge is 0.320 e. The third kappa shape index (κ3) is 4.46. The van der Waals surface area contributed by atoms with Gasteiger partial charge in [-0.15, -0.1) is 0 Å². The summed E-state index contributed by atoms with van der Waals surface area (Å²) < 4.78 is 0. The average molecular weight is 293 g/mol. The summed E-state index contributed by atoms with van der Waals surface area (Å²) in [5.41, 5.74) is 13.0. The van der Waals surface area contributed by atoms with E-state index in [1.807, 2.05) is 19.9 Å². The van der Waals surface area contributed by atoms with Gasteiger partial charge in [-0.05, 0) is 38.5 Å². The van der Waals surface area contributed by atoms with Gasteiger partial charge in [-0.1, -0.05) is 0 Å². The molecule has 0 amide bonds. The minimum absolute atomic E-state index is 0.0688. The van der Waals surface area contributed by atoms with Crippen LogP contribution in [0.15, 0.2) is 18.2 Å². The number of carbonyl (C=O) groups excluding carboxylic acids is 1. The fraction of sp³-hybridized carbons (Fsp3) is 0.467. The van der Waals surface area contributed by atoms with Gasteiger partial charge in [0.05, 0.1) is 0 Å². The maximum atomic E-state index is 12.2. The third-order valence-corrected chi connectivity index (χ3v) is 3.47. The molecule has 1 aromatic carbocycles. The Morgan fingerprint density at radius 2 is 1.90 bits per heavy atom. The maximum Gasteiger partial charge on any atom is 0.320 e. The average Bonchev–Trinajstić information content (AvgIpc) is 2.47. The number of carboxylic acids is 1. The van der Waals surface area contributed by atoms with E-state index in [1.54, 1.807) is 12.1 Å². The Morgan fingerprint density at radius 1 is 1.29 bits per heavy atom. The van der Waals surface area contributed by atoms with E-state index in [4.69, 9.17) is 16.6 Å². The Hall–Kier alpha value is -2.08. The second-order valence-electron chi connectivity index (χ2n) is 4.85. The minimum atomic E-state index is -1.10. The minimum Gasteiger partial charge on any atom is -0.480 e. The van der Waals surface area contributed by atoms with E-state index in [2.05, 4.69) is 4.90 Å². The second-order valence-corrected chi connectivity index (χ2v) is 4.85. The first-order valence-electron chi connectivity index (χ1n) is 7.06. The highest BCUT2D eigenvalue weighted by Gasteiger charge is 2.17. The monoisotopic (exact) mass is 293 g/mol. The van der Waals surface area contributed by atoms with Crippen molar-refractivity contribution in [2.24, 2.45) is 5.73 Å². The summed E-state index contributed by atoms with van der Waals surface area (Å²) >= 11 is 0. The van der Waals surface area contributed by atoms with Crippen LogP contribution in [0.3, 0.4) is 0 Å². The van der Waals surface area contributed by atoms with Crippen molar-refractivity contribution >= 4 is 23.1 Å². The van der Waals surface area contributed by atoms with Gasteiger partial charge in [-0.25, -0.2) is 0 Å². The van der Waals surface area contributed by atoms with Crippen LogP contribution < -0.4 is 16.4 Å². The molecule has 116 valence electrons. The lowest BCUT2D eigenvalue weighted by atomic mass is 10.0. The number of nitrogens with two attached hydrogens (primary N) is 2. The van der Waals surface area contributed by atoms with Crippen LogP contribution in [0.2, 0.25) is 0 Å². The third-order valence-electron chi connectivity index (χ3n) is 3.47. The van der Waals surface area contributed by atoms with Crippen molar-refractivity contribution < 1.29 is 14.7 Å². The fourth-order valence-corrected chi connectivity index (χ4v) is 2.12. The van der Waals surface area contributed by atoms with Gasteiger partial charge in [0, 0.05) is 36.4 Å². The van der Waals surface area contributed by atoms with E-state index in [0.29, 0.717) is 11.3 Å². The molecule has 0 aromatic heterocycles. The number of nitrogens with zero attached hydrogens (tertiary/aromatic N) is 1. The molecule has 1 rings (SSSR count). The highest BCUT2D eigenvalue weighted by atomic mass is 16.4. The molecule has 0 saturated heterocycles. The summed E-state index contributed by atoms with van der Waals surface area (Å²) in [6.07, 6.45) is 0.169. The predicted octanol–water partition coefficient (Wildman–Crippen LogP) is 1.49. The Kier molecular flexibility index (Phi) is 6.17. The van der Waals surface area contributed by atoms with Crippen molar-refractivity contribution in [3.63, 3.8) is 0 Å². The van der Waals surface area contributed by atoms with E-state index in [0.717, 1.165) is 18.8 Å². The van der Waals surface area contributed by atoms with Crippen LogP contribution in [0.4, 0.5) is 11.4 Å². The van der Waals surface area contributed by atoms with Gasteiger partial charge in [0.15, 0.2) is 5.78 Å². The largest absolute Gasteiger partial charge is 0.480 e. The second kappa shape index (κ2) is 7.64. The summed E-state index contributed by atoms with van der Waals surface area (Å²) in [5, 5.41) is 8.73. The zero-order valence-corrected chi connectivity index (χ0v) is 12.5. The van der Waals surface area contributed by atoms with E-state index in [1.165, 1.54) is 0 Å². The molecule has 0 radical (unpaired) electrons. The highest BCUT2D eigenvalue weighted by Crippen LogP contribution is 2.23. The van der Waals surface area contributed by atoms with Gasteiger partial charge in [0.25, 0.3) is 0 Å². The molecular formula is C15H23N3O3. The number of hydrogen-bond donors (Lipinski definition) is 3. The summed E-state index contributed by atoms with van der Waals surface area (Å²) in [4.78, 5) is 25.0. The van der Waals surface area contributed by atoms with Crippen LogP contribution in [0.5, 0.6) is 0 Å². The molecule has 0 spiro atoms. The number of Topliss-reactive ketones (excluding diaryl/α,β-unsaturated/α-hetero) is 1. The predicted molar refractivity (Wildman–Crippen MR) is 83.6 cm³/mol. The summed E-state index contributed by atoms with van der Waals surface area (Å²) in [7, 11) is 0. The Morgan fingerprint density at radius 3 is 2.43 bits per heavy atom. The van der Waals surface area contributed by atoms with E-state index in [-0.39, 0.29) is 18.6 Å². The van der Waals surface area contributed by atoms with Crippen molar-refractivity contribution in [3.05, 3.63) is 23.8 Å². The van der Waals surface area contributed by atoms with E-state index in [9.17, 15) is 9.59 Å². The molecule has 5 N–H and O–H groups in total. The Balaban J connectivity index is 2.88. The summed E-state index contributed by atoms with van der Waals surface area (Å²) in [5.74, 6) is -1.29. The van der Waals surface area contributed by atoms with Gasteiger partial charge in [0.1, 0.15) is 6.04 Å². The van der Waals surface area contributed by atoms with Crippen LogP contribution >= 0.6 is 0 Å². The molecule has 0 aliphatic rings. The van der Waals surface area contributed by atoms with Crippen molar-refractivity contribution in [1.82, 2.24) is 0 Å². The molecule has 0 saturated carbocycles. The normalized spacial score (nSPS) is 12.0. The quantitative estimate of drug-likeness (QED) is 0.495. The molecule has 0 bridgehead atoms. The van der Waals surface area contributed by atoms with Gasteiger partial charge in [0.2, 0.25) is 0 Å².